The first kappa shape index (κ1) is 19.1. The summed E-state index contributed by atoms with van der Waals surface area (Å²) in [5.41, 5.74) is 0.692. The lowest BCUT2D eigenvalue weighted by molar-refractivity contribution is -0.147. The van der Waals surface area contributed by atoms with Crippen molar-refractivity contribution in [1.29, 1.82) is 0 Å². The number of piperazine rings is 1. The maximum atomic E-state index is 12.4. The van der Waals surface area contributed by atoms with E-state index in [1.165, 1.54) is 19.5 Å². The molecule has 0 aliphatic carbocycles. The molecule has 1 N–H and O–H groups in total. The number of hydrogen-bond donors (Lipinski definition) is 1. The van der Waals surface area contributed by atoms with E-state index in [9.17, 15) is 9.59 Å². The minimum Gasteiger partial charge on any atom is -0.476 e. The number of esters is 1. The van der Waals surface area contributed by atoms with Gasteiger partial charge in [0, 0.05) is 31.2 Å². The van der Waals surface area contributed by atoms with E-state index in [0.29, 0.717) is 37.0 Å². The van der Waals surface area contributed by atoms with E-state index in [4.69, 9.17) is 21.4 Å². The van der Waals surface area contributed by atoms with Crippen LogP contribution in [-0.4, -0.2) is 65.2 Å². The predicted octanol–water partition coefficient (Wildman–Crippen LogP) is 1.86. The highest BCUT2D eigenvalue weighted by atomic mass is 35.5. The van der Waals surface area contributed by atoms with Gasteiger partial charge in [-0.15, -0.1) is 0 Å². The van der Waals surface area contributed by atoms with Gasteiger partial charge >= 0.3 is 11.9 Å². The molecule has 0 spiro atoms. The van der Waals surface area contributed by atoms with Crippen molar-refractivity contribution < 1.29 is 19.4 Å². The Balaban J connectivity index is 1.72. The van der Waals surface area contributed by atoms with Crippen LogP contribution in [0.25, 0.3) is 0 Å². The molecule has 9 heteroatoms. The quantitative estimate of drug-likeness (QED) is 0.773. The van der Waals surface area contributed by atoms with Gasteiger partial charge in [0.15, 0.2) is 5.69 Å². The number of carbonyl (C=O) groups excluding carboxylic acids is 1. The Morgan fingerprint density at radius 1 is 1.19 bits per heavy atom. The van der Waals surface area contributed by atoms with Crippen LogP contribution < -0.4 is 4.90 Å². The second kappa shape index (κ2) is 8.32. The fourth-order valence-corrected chi connectivity index (χ4v) is 3.29. The third-order valence-corrected chi connectivity index (χ3v) is 4.68. The Labute approximate surface area is 161 Å². The zero-order chi connectivity index (χ0) is 19.4. The average Bonchev–Trinajstić information content (AvgIpc) is 2.69. The highest BCUT2D eigenvalue weighted by Gasteiger charge is 2.31. The monoisotopic (exact) mass is 390 g/mol. The van der Waals surface area contributed by atoms with Crippen LogP contribution in [0, 0.1) is 0 Å². The molecule has 3 rings (SSSR count). The molecule has 1 aromatic heterocycles. The molecule has 0 bridgehead atoms. The Morgan fingerprint density at radius 2 is 1.93 bits per heavy atom. The maximum absolute atomic E-state index is 12.4. The van der Waals surface area contributed by atoms with Crippen molar-refractivity contribution in [3.8, 4) is 0 Å². The van der Waals surface area contributed by atoms with Crippen molar-refractivity contribution in [3.63, 3.8) is 0 Å². The largest absolute Gasteiger partial charge is 0.476 e. The topological polar surface area (TPSA) is 95.9 Å². The van der Waals surface area contributed by atoms with Crippen LogP contribution in [0.4, 0.5) is 5.82 Å². The van der Waals surface area contributed by atoms with Crippen molar-refractivity contribution in [2.45, 2.75) is 6.04 Å². The van der Waals surface area contributed by atoms with E-state index in [1.807, 2.05) is 21.9 Å². The van der Waals surface area contributed by atoms with Crippen LogP contribution in [0.1, 0.15) is 22.1 Å². The number of aromatic nitrogens is 2. The van der Waals surface area contributed by atoms with E-state index >= 15 is 0 Å². The number of ether oxygens (including phenoxy) is 1. The van der Waals surface area contributed by atoms with Crippen LogP contribution in [0.3, 0.4) is 0 Å². The lowest BCUT2D eigenvalue weighted by Gasteiger charge is -2.38. The maximum Gasteiger partial charge on any atom is 0.356 e. The molecule has 0 saturated carbocycles. The molecule has 1 atom stereocenters. The summed E-state index contributed by atoms with van der Waals surface area (Å²) in [7, 11) is 1.37. The number of aromatic carboxylic acids is 1. The van der Waals surface area contributed by atoms with Gasteiger partial charge in [-0.2, -0.15) is 0 Å². The number of halogens is 1. The number of carbonyl (C=O) groups is 2. The molecule has 27 heavy (non-hydrogen) atoms. The van der Waals surface area contributed by atoms with Crippen LogP contribution in [-0.2, 0) is 9.53 Å². The molecular formula is C18H19ClN4O4. The molecule has 0 radical (unpaired) electrons. The summed E-state index contributed by atoms with van der Waals surface area (Å²) in [6.07, 6.45) is 2.70. The van der Waals surface area contributed by atoms with E-state index in [0.717, 1.165) is 5.56 Å². The van der Waals surface area contributed by atoms with Gasteiger partial charge in [-0.3, -0.25) is 4.90 Å². The number of hydrogen-bond acceptors (Lipinski definition) is 7. The normalized spacial score (nSPS) is 16.0. The summed E-state index contributed by atoms with van der Waals surface area (Å²) < 4.78 is 4.99. The van der Waals surface area contributed by atoms with Crippen molar-refractivity contribution in [1.82, 2.24) is 14.9 Å². The first-order chi connectivity index (χ1) is 13.0. The van der Waals surface area contributed by atoms with Crippen molar-refractivity contribution in [2.75, 3.05) is 38.2 Å². The van der Waals surface area contributed by atoms with Gasteiger partial charge in [0.05, 0.1) is 19.5 Å². The minimum absolute atomic E-state index is 0.0934. The molecular weight excluding hydrogens is 372 g/mol. The van der Waals surface area contributed by atoms with Crippen LogP contribution in [0.2, 0.25) is 5.02 Å². The summed E-state index contributed by atoms with van der Waals surface area (Å²) in [5, 5.41) is 9.47. The van der Waals surface area contributed by atoms with Gasteiger partial charge < -0.3 is 14.7 Å². The summed E-state index contributed by atoms with van der Waals surface area (Å²) in [5.74, 6) is -0.838. The number of benzene rings is 1. The van der Waals surface area contributed by atoms with Gasteiger partial charge in [0.25, 0.3) is 0 Å². The average molecular weight is 391 g/mol. The second-order valence-corrected chi connectivity index (χ2v) is 6.51. The molecule has 1 saturated heterocycles. The van der Waals surface area contributed by atoms with Gasteiger partial charge in [-0.05, 0) is 17.7 Å². The molecule has 8 nitrogen and oxygen atoms in total. The highest BCUT2D eigenvalue weighted by Crippen LogP contribution is 2.26. The van der Waals surface area contributed by atoms with Crippen molar-refractivity contribution in [3.05, 3.63) is 52.9 Å². The first-order valence-electron chi connectivity index (χ1n) is 8.37. The molecule has 1 fully saturated rings. The van der Waals surface area contributed by atoms with Crippen LogP contribution in [0.15, 0.2) is 36.7 Å². The first-order valence-corrected chi connectivity index (χ1v) is 8.75. The minimum atomic E-state index is -1.11. The number of anilines is 1. The van der Waals surface area contributed by atoms with Crippen LogP contribution >= 0.6 is 11.6 Å². The Hall–Kier alpha value is -2.71. The number of carboxylic acids is 1. The standard InChI is InChI=1S/C18H19ClN4O4/c1-27-18(26)16(12-3-2-4-13(19)9-12)23-7-5-22(6-8-23)15-11-20-14(10-21-15)17(24)25/h2-4,9-11,16H,5-8H2,1H3,(H,24,25). The van der Waals surface area contributed by atoms with Gasteiger partial charge in [-0.1, -0.05) is 23.7 Å². The molecule has 142 valence electrons. The molecule has 1 aliphatic rings. The molecule has 1 aromatic carbocycles. The highest BCUT2D eigenvalue weighted by molar-refractivity contribution is 6.30. The molecule has 0 amide bonds. The summed E-state index contributed by atoms with van der Waals surface area (Å²) in [4.78, 5) is 35.4. The van der Waals surface area contributed by atoms with Crippen molar-refractivity contribution >= 4 is 29.4 Å². The SMILES string of the molecule is COC(=O)C(c1cccc(Cl)c1)N1CCN(c2cnc(C(=O)O)cn2)CC1. The van der Waals surface area contributed by atoms with Gasteiger partial charge in [0.1, 0.15) is 11.9 Å². The zero-order valence-electron chi connectivity index (χ0n) is 14.7. The number of rotatable bonds is 5. The van der Waals surface area contributed by atoms with E-state index < -0.39 is 12.0 Å². The number of nitrogens with zero attached hydrogens (tertiary/aromatic N) is 4. The Morgan fingerprint density at radius 3 is 2.48 bits per heavy atom. The fourth-order valence-electron chi connectivity index (χ4n) is 3.09. The smallest absolute Gasteiger partial charge is 0.356 e. The molecule has 1 aliphatic heterocycles. The van der Waals surface area contributed by atoms with Gasteiger partial charge in [0.2, 0.25) is 0 Å². The van der Waals surface area contributed by atoms with Crippen molar-refractivity contribution in [2.24, 2.45) is 0 Å². The summed E-state index contributed by atoms with van der Waals surface area (Å²) >= 11 is 6.08. The summed E-state index contributed by atoms with van der Waals surface area (Å²) in [6, 6.07) is 6.67. The second-order valence-electron chi connectivity index (χ2n) is 6.07. The zero-order valence-corrected chi connectivity index (χ0v) is 15.5. The molecule has 1 unspecified atom stereocenters. The third kappa shape index (κ3) is 4.35. The van der Waals surface area contributed by atoms with E-state index in [2.05, 4.69) is 9.97 Å². The van der Waals surface area contributed by atoms with E-state index in [1.54, 1.807) is 12.1 Å². The predicted molar refractivity (Wildman–Crippen MR) is 99.0 cm³/mol. The number of carboxylic acid groups (broad SMARTS) is 1. The molecule has 2 aromatic rings. The Kier molecular flexibility index (Phi) is 5.88. The third-order valence-electron chi connectivity index (χ3n) is 4.45. The van der Waals surface area contributed by atoms with Gasteiger partial charge in [-0.25, -0.2) is 19.6 Å². The van der Waals surface area contributed by atoms with Crippen LogP contribution in [0.5, 0.6) is 0 Å². The lowest BCUT2D eigenvalue weighted by atomic mass is 10.0. The van der Waals surface area contributed by atoms with E-state index in [-0.39, 0.29) is 11.7 Å². The Bertz CT molecular complexity index is 822. The fraction of sp³-hybridized carbons (Fsp3) is 0.333. The summed E-state index contributed by atoms with van der Waals surface area (Å²) in [6.45, 7) is 2.45. The molecule has 2 heterocycles. The lowest BCUT2D eigenvalue weighted by Crippen LogP contribution is -2.49. The number of methoxy groups -OCH3 is 1.